The molecule has 0 fully saturated rings. The molecule has 5 heteroatoms. The Morgan fingerprint density at radius 1 is 1.28 bits per heavy atom. The summed E-state index contributed by atoms with van der Waals surface area (Å²) in [5.41, 5.74) is 3.60. The van der Waals surface area contributed by atoms with Crippen molar-refractivity contribution in [3.05, 3.63) is 58.1 Å². The third-order valence-corrected chi connectivity index (χ3v) is 5.53. The maximum Gasteiger partial charge on any atom is 0.415 e. The lowest BCUT2D eigenvalue weighted by Crippen LogP contribution is -2.44. The average molecular weight is 376 g/mol. The van der Waals surface area contributed by atoms with Gasteiger partial charge in [-0.05, 0) is 68.5 Å². The van der Waals surface area contributed by atoms with Crippen molar-refractivity contribution in [3.8, 4) is 5.75 Å². The van der Waals surface area contributed by atoms with Crippen molar-refractivity contribution in [3.63, 3.8) is 0 Å². The first kappa shape index (κ1) is 18.2. The number of nitrogens with zero attached hydrogens (tertiary/aromatic N) is 1. The van der Waals surface area contributed by atoms with Crippen molar-refractivity contribution in [1.29, 1.82) is 0 Å². The van der Waals surface area contributed by atoms with Crippen molar-refractivity contribution in [2.75, 3.05) is 6.54 Å². The highest BCUT2D eigenvalue weighted by Gasteiger charge is 2.28. The van der Waals surface area contributed by atoms with Crippen LogP contribution in [0, 0.1) is 6.92 Å². The van der Waals surface area contributed by atoms with Crippen molar-refractivity contribution >= 4 is 30.3 Å². The number of fused-ring (bicyclic) bond motifs is 1. The van der Waals surface area contributed by atoms with E-state index in [1.54, 1.807) is 0 Å². The number of carbonyl (C=O) groups is 1. The Kier molecular flexibility index (Phi) is 5.60. The Balaban J connectivity index is 1.73. The van der Waals surface area contributed by atoms with Crippen molar-refractivity contribution in [1.82, 2.24) is 4.90 Å². The van der Waals surface area contributed by atoms with Gasteiger partial charge in [-0.3, -0.25) is 0 Å². The molecule has 0 saturated carbocycles. The first-order chi connectivity index (χ1) is 12.0. The van der Waals surface area contributed by atoms with Gasteiger partial charge in [-0.15, -0.1) is 12.6 Å². The van der Waals surface area contributed by atoms with E-state index in [1.807, 2.05) is 55.1 Å². The minimum Gasteiger partial charge on any atom is -0.410 e. The standard InChI is InChI=1S/C20H22ClNO2S/c1-3-22(20(23)24-17-8-4-13(2)5-9-17)16-7-6-14-12-19(25)18(21)11-15(14)10-16/h4-5,8-9,11-12,16,25H,3,6-7,10H2,1-2H3. The molecule has 1 atom stereocenters. The lowest BCUT2D eigenvalue weighted by Gasteiger charge is -2.34. The lowest BCUT2D eigenvalue weighted by molar-refractivity contribution is 0.129. The molecule has 25 heavy (non-hydrogen) atoms. The number of thiol groups is 1. The van der Waals surface area contributed by atoms with Crippen LogP contribution in [0.25, 0.3) is 0 Å². The zero-order chi connectivity index (χ0) is 18.0. The van der Waals surface area contributed by atoms with E-state index in [-0.39, 0.29) is 12.1 Å². The fourth-order valence-electron chi connectivity index (χ4n) is 3.32. The van der Waals surface area contributed by atoms with E-state index < -0.39 is 0 Å². The Morgan fingerprint density at radius 2 is 2.00 bits per heavy atom. The molecular formula is C20H22ClNO2S. The molecule has 0 radical (unpaired) electrons. The number of carbonyl (C=O) groups excluding carboxylic acids is 1. The van der Waals surface area contributed by atoms with Gasteiger partial charge in [-0.25, -0.2) is 4.79 Å². The fourth-order valence-corrected chi connectivity index (χ4v) is 3.72. The minimum atomic E-state index is -0.295. The van der Waals surface area contributed by atoms with Crippen LogP contribution in [0.3, 0.4) is 0 Å². The topological polar surface area (TPSA) is 29.5 Å². The SMILES string of the molecule is CCN(C(=O)Oc1ccc(C)cc1)C1CCc2cc(S)c(Cl)cc2C1. The van der Waals surface area contributed by atoms with Crippen LogP contribution in [-0.2, 0) is 12.8 Å². The fraction of sp³-hybridized carbons (Fsp3) is 0.350. The van der Waals surface area contributed by atoms with Gasteiger partial charge in [0.2, 0.25) is 0 Å². The van der Waals surface area contributed by atoms with Gasteiger partial charge in [0.25, 0.3) is 0 Å². The van der Waals surface area contributed by atoms with E-state index in [0.29, 0.717) is 17.3 Å². The van der Waals surface area contributed by atoms with Gasteiger partial charge >= 0.3 is 6.09 Å². The summed E-state index contributed by atoms with van der Waals surface area (Å²) >= 11 is 10.6. The second-order valence-electron chi connectivity index (χ2n) is 6.44. The molecule has 0 spiro atoms. The number of likely N-dealkylation sites (N-methyl/N-ethyl adjacent to an activating group) is 1. The third kappa shape index (κ3) is 4.13. The number of benzene rings is 2. The number of aryl methyl sites for hydroxylation is 2. The van der Waals surface area contributed by atoms with Crippen LogP contribution in [0.2, 0.25) is 5.02 Å². The first-order valence-corrected chi connectivity index (χ1v) is 9.35. The number of ether oxygens (including phenoxy) is 1. The minimum absolute atomic E-state index is 0.122. The maximum absolute atomic E-state index is 12.6. The lowest BCUT2D eigenvalue weighted by atomic mass is 9.87. The van der Waals surface area contributed by atoms with Crippen LogP contribution in [0.1, 0.15) is 30.0 Å². The summed E-state index contributed by atoms with van der Waals surface area (Å²) in [6, 6.07) is 11.7. The van der Waals surface area contributed by atoms with Gasteiger partial charge in [-0.2, -0.15) is 0 Å². The van der Waals surface area contributed by atoms with Gasteiger partial charge in [0.15, 0.2) is 0 Å². The maximum atomic E-state index is 12.6. The largest absolute Gasteiger partial charge is 0.415 e. The summed E-state index contributed by atoms with van der Waals surface area (Å²) in [4.78, 5) is 15.2. The van der Waals surface area contributed by atoms with Crippen molar-refractivity contribution < 1.29 is 9.53 Å². The third-order valence-electron chi connectivity index (χ3n) is 4.71. The molecule has 3 nitrogen and oxygen atoms in total. The van der Waals surface area contributed by atoms with Gasteiger partial charge in [0.1, 0.15) is 5.75 Å². The Bertz CT molecular complexity index is 776. The van der Waals surface area contributed by atoms with E-state index in [1.165, 1.54) is 11.1 Å². The number of hydrogen-bond acceptors (Lipinski definition) is 3. The predicted octanol–water partition coefficient (Wildman–Crippen LogP) is 5.32. The normalized spacial score (nSPS) is 16.2. The molecular weight excluding hydrogens is 354 g/mol. The van der Waals surface area contributed by atoms with Gasteiger partial charge < -0.3 is 9.64 Å². The van der Waals surface area contributed by atoms with Gasteiger partial charge in [0.05, 0.1) is 5.02 Å². The van der Waals surface area contributed by atoms with Crippen LogP contribution in [0.15, 0.2) is 41.3 Å². The molecule has 0 bridgehead atoms. The van der Waals surface area contributed by atoms with Gasteiger partial charge in [-0.1, -0.05) is 29.3 Å². The second kappa shape index (κ2) is 7.71. The van der Waals surface area contributed by atoms with E-state index >= 15 is 0 Å². The number of hydrogen-bond donors (Lipinski definition) is 1. The average Bonchev–Trinajstić information content (AvgIpc) is 2.59. The summed E-state index contributed by atoms with van der Waals surface area (Å²) in [5.74, 6) is 0.577. The van der Waals surface area contributed by atoms with Crippen molar-refractivity contribution in [2.24, 2.45) is 0 Å². The molecule has 2 aromatic carbocycles. The number of halogens is 1. The molecule has 0 N–H and O–H groups in total. The zero-order valence-electron chi connectivity index (χ0n) is 14.5. The van der Waals surface area contributed by atoms with Crippen LogP contribution in [0.4, 0.5) is 4.79 Å². The molecule has 0 heterocycles. The van der Waals surface area contributed by atoms with E-state index in [0.717, 1.165) is 29.7 Å². The Hall–Kier alpha value is -1.65. The number of amides is 1. The molecule has 1 unspecified atom stereocenters. The number of rotatable bonds is 3. The van der Waals surface area contributed by atoms with E-state index in [4.69, 9.17) is 16.3 Å². The summed E-state index contributed by atoms with van der Waals surface area (Å²) in [7, 11) is 0. The molecule has 0 saturated heterocycles. The highest BCUT2D eigenvalue weighted by Crippen LogP contribution is 2.31. The van der Waals surface area contributed by atoms with Crippen LogP contribution < -0.4 is 4.74 Å². The van der Waals surface area contributed by atoms with Crippen LogP contribution in [-0.4, -0.2) is 23.6 Å². The Morgan fingerprint density at radius 3 is 2.68 bits per heavy atom. The molecule has 1 aliphatic carbocycles. The molecule has 0 aliphatic heterocycles. The van der Waals surface area contributed by atoms with E-state index in [9.17, 15) is 4.79 Å². The Labute approximate surface area is 159 Å². The summed E-state index contributed by atoms with van der Waals surface area (Å²) in [5, 5.41) is 0.660. The van der Waals surface area contributed by atoms with E-state index in [2.05, 4.69) is 12.6 Å². The smallest absolute Gasteiger partial charge is 0.410 e. The summed E-state index contributed by atoms with van der Waals surface area (Å²) in [6.07, 6.45) is 2.33. The molecule has 3 rings (SSSR count). The quantitative estimate of drug-likeness (QED) is 0.736. The monoisotopic (exact) mass is 375 g/mol. The summed E-state index contributed by atoms with van der Waals surface area (Å²) in [6.45, 7) is 4.60. The highest BCUT2D eigenvalue weighted by atomic mass is 35.5. The molecule has 1 aliphatic rings. The molecule has 0 aromatic heterocycles. The second-order valence-corrected chi connectivity index (χ2v) is 7.32. The molecule has 132 valence electrons. The van der Waals surface area contributed by atoms with Gasteiger partial charge in [0, 0.05) is 17.5 Å². The predicted molar refractivity (Wildman–Crippen MR) is 104 cm³/mol. The highest BCUT2D eigenvalue weighted by molar-refractivity contribution is 7.80. The molecule has 2 aromatic rings. The first-order valence-electron chi connectivity index (χ1n) is 8.53. The molecule has 1 amide bonds. The van der Waals surface area contributed by atoms with Crippen LogP contribution in [0.5, 0.6) is 5.75 Å². The van der Waals surface area contributed by atoms with Crippen LogP contribution >= 0.6 is 24.2 Å². The summed E-state index contributed by atoms with van der Waals surface area (Å²) < 4.78 is 5.56. The zero-order valence-corrected chi connectivity index (χ0v) is 16.1. The van der Waals surface area contributed by atoms with Crippen molar-refractivity contribution in [2.45, 2.75) is 44.0 Å².